The number of ether oxygens (including phenoxy) is 1. The minimum Gasteiger partial charge on any atom is -0.496 e. The number of nitrogens with one attached hydrogen (secondary N) is 2. The van der Waals surface area contributed by atoms with Crippen LogP contribution in [0.15, 0.2) is 47.4 Å². The van der Waals surface area contributed by atoms with Crippen molar-refractivity contribution in [3.63, 3.8) is 0 Å². The molecule has 1 aliphatic heterocycles. The van der Waals surface area contributed by atoms with Crippen LogP contribution in [0.5, 0.6) is 5.75 Å². The van der Waals surface area contributed by atoms with Gasteiger partial charge in [0.25, 0.3) is 5.91 Å². The van der Waals surface area contributed by atoms with Crippen molar-refractivity contribution < 1.29 is 17.9 Å². The quantitative estimate of drug-likeness (QED) is 0.652. The lowest BCUT2D eigenvalue weighted by atomic mass is 10.00. The number of piperidine rings is 1. The van der Waals surface area contributed by atoms with Gasteiger partial charge in [0.2, 0.25) is 10.0 Å². The molecule has 8 heteroatoms. The second-order valence-corrected chi connectivity index (χ2v) is 9.64. The van der Waals surface area contributed by atoms with Gasteiger partial charge in [0.05, 0.1) is 18.0 Å². The summed E-state index contributed by atoms with van der Waals surface area (Å²) in [4.78, 5) is 15.5. The van der Waals surface area contributed by atoms with Crippen molar-refractivity contribution in [3.8, 4) is 5.75 Å². The number of sulfonamides is 1. The molecule has 1 fully saturated rings. The predicted octanol–water partition coefficient (Wildman–Crippen LogP) is 2.87. The molecular formula is C23H31N3O4S. The first-order chi connectivity index (χ1) is 14.9. The summed E-state index contributed by atoms with van der Waals surface area (Å²) in [6.07, 6.45) is 3.47. The Hall–Kier alpha value is -2.42. The second-order valence-electron chi connectivity index (χ2n) is 7.75. The van der Waals surface area contributed by atoms with Crippen molar-refractivity contribution in [2.24, 2.45) is 0 Å². The van der Waals surface area contributed by atoms with E-state index in [1.54, 1.807) is 20.1 Å². The van der Waals surface area contributed by atoms with Gasteiger partial charge < -0.3 is 10.1 Å². The Kier molecular flexibility index (Phi) is 7.69. The molecule has 1 heterocycles. The van der Waals surface area contributed by atoms with E-state index in [-0.39, 0.29) is 16.8 Å². The highest BCUT2D eigenvalue weighted by atomic mass is 32.2. The third-order valence-corrected chi connectivity index (χ3v) is 7.23. The predicted molar refractivity (Wildman–Crippen MR) is 121 cm³/mol. The number of nitrogens with zero attached hydrogens (tertiary/aromatic N) is 1. The van der Waals surface area contributed by atoms with E-state index in [4.69, 9.17) is 4.74 Å². The first kappa shape index (κ1) is 23.2. The fraction of sp³-hybridized carbons (Fsp3) is 0.435. The number of carbonyl (C=O) groups excluding carboxylic acids is 1. The van der Waals surface area contributed by atoms with Gasteiger partial charge in [-0.25, -0.2) is 13.1 Å². The molecule has 0 bridgehead atoms. The number of likely N-dealkylation sites (tertiary alicyclic amines) is 1. The van der Waals surface area contributed by atoms with Crippen LogP contribution in [0.3, 0.4) is 0 Å². The number of hydrogen-bond donors (Lipinski definition) is 2. The van der Waals surface area contributed by atoms with E-state index in [0.29, 0.717) is 12.1 Å². The molecular weight excluding hydrogens is 414 g/mol. The molecule has 0 spiro atoms. The fourth-order valence-corrected chi connectivity index (χ4v) is 4.78. The van der Waals surface area contributed by atoms with Crippen LogP contribution >= 0.6 is 0 Å². The molecule has 0 aromatic heterocycles. The Morgan fingerprint density at radius 1 is 1.13 bits per heavy atom. The maximum atomic E-state index is 13.0. The Morgan fingerprint density at radius 2 is 1.84 bits per heavy atom. The number of para-hydroxylation sites is 1. The van der Waals surface area contributed by atoms with E-state index in [1.807, 2.05) is 24.3 Å². The molecule has 2 N–H and O–H groups in total. The van der Waals surface area contributed by atoms with Gasteiger partial charge in [-0.2, -0.15) is 0 Å². The van der Waals surface area contributed by atoms with Crippen LogP contribution in [-0.4, -0.2) is 53.0 Å². The molecule has 1 unspecified atom stereocenters. The van der Waals surface area contributed by atoms with Crippen LogP contribution in [0.4, 0.5) is 0 Å². The fourth-order valence-electron chi connectivity index (χ4n) is 4.02. The summed E-state index contributed by atoms with van der Waals surface area (Å²) in [5.41, 5.74) is 2.11. The molecule has 0 radical (unpaired) electrons. The zero-order valence-corrected chi connectivity index (χ0v) is 19.2. The molecule has 0 saturated carbocycles. The van der Waals surface area contributed by atoms with Gasteiger partial charge in [0.1, 0.15) is 5.75 Å². The standard InChI is InChI=1S/C23H31N3O4S/c1-17-11-12-18(31(28,29)24-2)15-20(17)23(27)25-16-21(26-13-7-4-8-14-26)19-9-5-6-10-22(19)30-3/h5-6,9-12,15,21,24H,4,7-8,13-14,16H2,1-3H3,(H,25,27). The normalized spacial score (nSPS) is 16.0. The molecule has 2 aromatic carbocycles. The van der Waals surface area contributed by atoms with Crippen molar-refractivity contribution in [2.45, 2.75) is 37.1 Å². The van der Waals surface area contributed by atoms with Gasteiger partial charge in [0.15, 0.2) is 0 Å². The summed E-state index contributed by atoms with van der Waals surface area (Å²) in [5.74, 6) is 0.508. The maximum Gasteiger partial charge on any atom is 0.251 e. The molecule has 31 heavy (non-hydrogen) atoms. The van der Waals surface area contributed by atoms with Gasteiger partial charge in [-0.15, -0.1) is 0 Å². The zero-order valence-electron chi connectivity index (χ0n) is 18.3. The Labute approximate surface area is 184 Å². The monoisotopic (exact) mass is 445 g/mol. The summed E-state index contributed by atoms with van der Waals surface area (Å²) in [6, 6.07) is 12.4. The van der Waals surface area contributed by atoms with E-state index >= 15 is 0 Å². The first-order valence-corrected chi connectivity index (χ1v) is 12.0. The van der Waals surface area contributed by atoms with Gasteiger partial charge in [-0.3, -0.25) is 9.69 Å². The van der Waals surface area contributed by atoms with Gasteiger partial charge in [-0.1, -0.05) is 30.7 Å². The maximum absolute atomic E-state index is 13.0. The highest BCUT2D eigenvalue weighted by Crippen LogP contribution is 2.31. The smallest absolute Gasteiger partial charge is 0.251 e. The Balaban J connectivity index is 1.85. The number of methoxy groups -OCH3 is 1. The van der Waals surface area contributed by atoms with Crippen LogP contribution in [0.1, 0.15) is 46.8 Å². The highest BCUT2D eigenvalue weighted by Gasteiger charge is 2.26. The van der Waals surface area contributed by atoms with Crippen LogP contribution in [0.2, 0.25) is 0 Å². The van der Waals surface area contributed by atoms with E-state index in [1.165, 1.54) is 25.6 Å². The Bertz CT molecular complexity index is 1020. The summed E-state index contributed by atoms with van der Waals surface area (Å²) < 4.78 is 32.2. The molecule has 1 amide bonds. The average Bonchev–Trinajstić information content (AvgIpc) is 2.80. The van der Waals surface area contributed by atoms with Crippen LogP contribution in [0, 0.1) is 6.92 Å². The van der Waals surface area contributed by atoms with Gasteiger partial charge >= 0.3 is 0 Å². The number of carbonyl (C=O) groups is 1. The zero-order chi connectivity index (χ0) is 22.4. The lowest BCUT2D eigenvalue weighted by molar-refractivity contribution is 0.0922. The third-order valence-electron chi connectivity index (χ3n) is 5.82. The van der Waals surface area contributed by atoms with E-state index in [9.17, 15) is 13.2 Å². The van der Waals surface area contributed by atoms with Crippen LogP contribution < -0.4 is 14.8 Å². The minimum atomic E-state index is -3.63. The van der Waals surface area contributed by atoms with E-state index in [0.717, 1.165) is 42.8 Å². The number of aryl methyl sites for hydroxylation is 1. The number of hydrogen-bond acceptors (Lipinski definition) is 5. The molecule has 2 aromatic rings. The average molecular weight is 446 g/mol. The van der Waals surface area contributed by atoms with Crippen LogP contribution in [-0.2, 0) is 10.0 Å². The summed E-state index contributed by atoms with van der Waals surface area (Å²) in [7, 11) is -0.619. The molecule has 1 atom stereocenters. The SMILES string of the molecule is CNS(=O)(=O)c1ccc(C)c(C(=O)NCC(c2ccccc2OC)N2CCCCC2)c1. The van der Waals surface area contributed by atoms with Crippen molar-refractivity contribution in [1.29, 1.82) is 0 Å². The summed E-state index contributed by atoms with van der Waals surface area (Å²) in [6.45, 7) is 4.13. The first-order valence-electron chi connectivity index (χ1n) is 10.6. The van der Waals surface area contributed by atoms with Crippen molar-refractivity contribution >= 4 is 15.9 Å². The lowest BCUT2D eigenvalue weighted by Crippen LogP contribution is -2.41. The number of amides is 1. The van der Waals surface area contributed by atoms with Crippen molar-refractivity contribution in [1.82, 2.24) is 14.9 Å². The Morgan fingerprint density at radius 3 is 2.52 bits per heavy atom. The van der Waals surface area contributed by atoms with E-state index < -0.39 is 10.0 Å². The summed E-state index contributed by atoms with van der Waals surface area (Å²) >= 11 is 0. The molecule has 1 aliphatic rings. The summed E-state index contributed by atoms with van der Waals surface area (Å²) in [5, 5.41) is 3.03. The van der Waals surface area contributed by atoms with Crippen molar-refractivity contribution in [2.75, 3.05) is 33.8 Å². The van der Waals surface area contributed by atoms with Gasteiger partial charge in [-0.05, 0) is 63.7 Å². The number of rotatable bonds is 8. The second kappa shape index (κ2) is 10.3. The topological polar surface area (TPSA) is 87.7 Å². The third kappa shape index (κ3) is 5.44. The molecule has 3 rings (SSSR count). The van der Waals surface area contributed by atoms with Crippen LogP contribution in [0.25, 0.3) is 0 Å². The largest absolute Gasteiger partial charge is 0.496 e. The molecule has 1 saturated heterocycles. The molecule has 7 nitrogen and oxygen atoms in total. The van der Waals surface area contributed by atoms with E-state index in [2.05, 4.69) is 14.9 Å². The highest BCUT2D eigenvalue weighted by molar-refractivity contribution is 7.89. The molecule has 168 valence electrons. The van der Waals surface area contributed by atoms with Crippen molar-refractivity contribution in [3.05, 3.63) is 59.2 Å². The minimum absolute atomic E-state index is 0.0232. The number of benzene rings is 2. The lowest BCUT2D eigenvalue weighted by Gasteiger charge is -2.35. The molecule has 0 aliphatic carbocycles. The van der Waals surface area contributed by atoms with Gasteiger partial charge in [0, 0.05) is 17.7 Å².